The van der Waals surface area contributed by atoms with Crippen molar-refractivity contribution in [3.05, 3.63) is 121 Å². The van der Waals surface area contributed by atoms with Crippen LogP contribution in [0, 0.1) is 0 Å². The molecule has 0 radical (unpaired) electrons. The molecule has 0 nitrogen and oxygen atoms in total. The fourth-order valence-corrected chi connectivity index (χ4v) is 7.21. The molecule has 0 aromatic heterocycles. The molecule has 0 aliphatic heterocycles. The maximum Gasteiger partial charge on any atom is 0.00229 e. The summed E-state index contributed by atoms with van der Waals surface area (Å²) in [6.07, 6.45) is 0. The second-order valence-corrected chi connectivity index (χ2v) is 8.97. The van der Waals surface area contributed by atoms with Gasteiger partial charge in [-0.2, -0.15) is 0 Å². The standard InChI is InChI=1S/C24H20S.C2H6/c1-5-13-21(14-6-1)25(22-15-7-2-8-16-22,23-17-9-3-10-18-23)24-19-11-4-12-20-24;1-2/h1-20H;1-2H3. The van der Waals surface area contributed by atoms with Gasteiger partial charge in [0.25, 0.3) is 0 Å². The Bertz CT molecular complexity index is 753. The smallest absolute Gasteiger partial charge is 0.00229 e. The van der Waals surface area contributed by atoms with E-state index in [2.05, 4.69) is 121 Å². The fourth-order valence-electron chi connectivity index (χ4n) is 3.31. The molecular formula is C26H26S. The summed E-state index contributed by atoms with van der Waals surface area (Å²) in [4.78, 5) is 5.44. The lowest BCUT2D eigenvalue weighted by atomic mass is 10.3. The lowest BCUT2D eigenvalue weighted by molar-refractivity contribution is 1.24. The van der Waals surface area contributed by atoms with Gasteiger partial charge in [0.15, 0.2) is 0 Å². The molecule has 1 heteroatoms. The minimum absolute atomic E-state index is 1.36. The zero-order valence-corrected chi connectivity index (χ0v) is 16.8. The van der Waals surface area contributed by atoms with Crippen LogP contribution in [-0.2, 0) is 0 Å². The summed E-state index contributed by atoms with van der Waals surface area (Å²) >= 11 is 0. The van der Waals surface area contributed by atoms with Gasteiger partial charge in [0.2, 0.25) is 0 Å². The highest BCUT2D eigenvalue weighted by molar-refractivity contribution is 8.34. The third-order valence-corrected chi connectivity index (χ3v) is 8.30. The molecule has 0 saturated carbocycles. The van der Waals surface area contributed by atoms with Gasteiger partial charge in [-0.15, -0.1) is 10.0 Å². The highest BCUT2D eigenvalue weighted by Gasteiger charge is 2.32. The van der Waals surface area contributed by atoms with Crippen molar-refractivity contribution < 1.29 is 0 Å². The molecule has 0 aliphatic carbocycles. The Labute approximate surface area is 164 Å². The van der Waals surface area contributed by atoms with Crippen LogP contribution in [0.15, 0.2) is 141 Å². The Morgan fingerprint density at radius 3 is 0.704 bits per heavy atom. The summed E-state index contributed by atoms with van der Waals surface area (Å²) in [5.74, 6) is 0. The quantitative estimate of drug-likeness (QED) is 0.341. The average Bonchev–Trinajstić information content (AvgIpc) is 2.79. The van der Waals surface area contributed by atoms with Crippen LogP contribution in [0.3, 0.4) is 0 Å². The van der Waals surface area contributed by atoms with Gasteiger partial charge in [0.05, 0.1) is 0 Å². The number of hydrogen-bond acceptors (Lipinski definition) is 0. The summed E-state index contributed by atoms with van der Waals surface area (Å²) < 4.78 is 0. The van der Waals surface area contributed by atoms with Gasteiger partial charge in [0.1, 0.15) is 0 Å². The summed E-state index contributed by atoms with van der Waals surface area (Å²) in [7, 11) is -1.51. The maximum absolute atomic E-state index is 2.27. The summed E-state index contributed by atoms with van der Waals surface area (Å²) in [6.45, 7) is 4.00. The zero-order valence-electron chi connectivity index (χ0n) is 16.0. The fraction of sp³-hybridized carbons (Fsp3) is 0.0769. The molecule has 136 valence electrons. The van der Waals surface area contributed by atoms with Crippen molar-refractivity contribution in [2.45, 2.75) is 33.4 Å². The Morgan fingerprint density at radius 2 is 0.519 bits per heavy atom. The monoisotopic (exact) mass is 370 g/mol. The molecule has 0 saturated heterocycles. The molecule has 0 spiro atoms. The first-order valence-electron chi connectivity index (χ1n) is 9.46. The molecule has 27 heavy (non-hydrogen) atoms. The van der Waals surface area contributed by atoms with Crippen molar-refractivity contribution in [2.24, 2.45) is 0 Å². The molecule has 0 aliphatic rings. The average molecular weight is 371 g/mol. The highest BCUT2D eigenvalue weighted by Crippen LogP contribution is 2.73. The molecule has 0 amide bonds. The minimum atomic E-state index is -1.51. The van der Waals surface area contributed by atoms with Crippen molar-refractivity contribution in [3.8, 4) is 0 Å². The van der Waals surface area contributed by atoms with Gasteiger partial charge in [-0.3, -0.25) is 0 Å². The lowest BCUT2D eigenvalue weighted by Gasteiger charge is -2.42. The summed E-state index contributed by atoms with van der Waals surface area (Å²) in [6, 6.07) is 43.7. The Morgan fingerprint density at radius 1 is 0.333 bits per heavy atom. The second kappa shape index (κ2) is 9.25. The van der Waals surface area contributed by atoms with Gasteiger partial charge < -0.3 is 0 Å². The van der Waals surface area contributed by atoms with E-state index in [-0.39, 0.29) is 0 Å². The number of hydrogen-bond donors (Lipinski definition) is 0. The molecule has 0 bridgehead atoms. The van der Waals surface area contributed by atoms with Gasteiger partial charge in [-0.05, 0) is 48.5 Å². The maximum atomic E-state index is 2.27. The van der Waals surface area contributed by atoms with Crippen molar-refractivity contribution in [2.75, 3.05) is 0 Å². The first kappa shape index (κ1) is 19.0. The number of benzene rings is 4. The van der Waals surface area contributed by atoms with Crippen molar-refractivity contribution in [1.82, 2.24) is 0 Å². The summed E-state index contributed by atoms with van der Waals surface area (Å²) in [5.41, 5.74) is 0. The van der Waals surface area contributed by atoms with Crippen LogP contribution in [0.1, 0.15) is 13.8 Å². The first-order valence-corrected chi connectivity index (χ1v) is 11.1. The van der Waals surface area contributed by atoms with Gasteiger partial charge in [-0.25, -0.2) is 0 Å². The van der Waals surface area contributed by atoms with Gasteiger partial charge in [0, 0.05) is 19.6 Å². The SMILES string of the molecule is CC.c1ccc(S(c2ccccc2)(c2ccccc2)c2ccccc2)cc1. The van der Waals surface area contributed by atoms with E-state index < -0.39 is 10.0 Å². The Hall–Kier alpha value is -2.77. The minimum Gasteiger partial charge on any atom is -0.133 e. The van der Waals surface area contributed by atoms with Crippen molar-refractivity contribution in [3.63, 3.8) is 0 Å². The molecule has 0 atom stereocenters. The molecule has 4 aromatic rings. The Balaban J connectivity index is 0.00000102. The van der Waals surface area contributed by atoms with Crippen LogP contribution >= 0.6 is 10.0 Å². The second-order valence-electron chi connectivity index (χ2n) is 5.86. The predicted octanol–water partition coefficient (Wildman–Crippen LogP) is 8.05. The van der Waals surface area contributed by atoms with E-state index in [0.717, 1.165) is 0 Å². The van der Waals surface area contributed by atoms with E-state index in [9.17, 15) is 0 Å². The largest absolute Gasteiger partial charge is 0.133 e. The van der Waals surface area contributed by atoms with Gasteiger partial charge >= 0.3 is 0 Å². The molecule has 0 fully saturated rings. The molecular weight excluding hydrogens is 344 g/mol. The Kier molecular flexibility index (Phi) is 6.51. The van der Waals surface area contributed by atoms with Crippen LogP contribution in [-0.4, -0.2) is 0 Å². The van der Waals surface area contributed by atoms with Crippen molar-refractivity contribution in [1.29, 1.82) is 0 Å². The first-order chi connectivity index (χ1) is 13.4. The van der Waals surface area contributed by atoms with E-state index in [1.54, 1.807) is 0 Å². The molecule has 0 heterocycles. The predicted molar refractivity (Wildman–Crippen MR) is 118 cm³/mol. The van der Waals surface area contributed by atoms with Crippen molar-refractivity contribution >= 4 is 10.0 Å². The molecule has 0 unspecified atom stereocenters. The van der Waals surface area contributed by atoms with E-state index in [1.165, 1.54) is 19.6 Å². The molecule has 0 N–H and O–H groups in total. The summed E-state index contributed by atoms with van der Waals surface area (Å²) in [5, 5.41) is 0. The topological polar surface area (TPSA) is 0 Å². The zero-order chi connectivity index (χ0) is 19.0. The van der Waals surface area contributed by atoms with Crippen LogP contribution in [0.2, 0.25) is 0 Å². The molecule has 4 aromatic carbocycles. The lowest BCUT2D eigenvalue weighted by Crippen LogP contribution is -2.04. The van der Waals surface area contributed by atoms with Gasteiger partial charge in [-0.1, -0.05) is 86.6 Å². The molecule has 4 rings (SSSR count). The van der Waals surface area contributed by atoms with Crippen LogP contribution in [0.5, 0.6) is 0 Å². The van der Waals surface area contributed by atoms with Crippen LogP contribution in [0.25, 0.3) is 0 Å². The van der Waals surface area contributed by atoms with E-state index >= 15 is 0 Å². The van der Waals surface area contributed by atoms with Crippen LogP contribution < -0.4 is 0 Å². The van der Waals surface area contributed by atoms with E-state index in [4.69, 9.17) is 0 Å². The van der Waals surface area contributed by atoms with Crippen LogP contribution in [0.4, 0.5) is 0 Å². The van der Waals surface area contributed by atoms with E-state index in [0.29, 0.717) is 0 Å². The normalized spacial score (nSPS) is 11.2. The highest BCUT2D eigenvalue weighted by atomic mass is 32.3. The third-order valence-electron chi connectivity index (χ3n) is 4.39. The third kappa shape index (κ3) is 3.70. The number of rotatable bonds is 4. The van der Waals surface area contributed by atoms with E-state index in [1.807, 2.05) is 13.8 Å².